The summed E-state index contributed by atoms with van der Waals surface area (Å²) < 4.78 is 29.4. The second-order valence-electron chi connectivity index (χ2n) is 7.67. The molecule has 0 bridgehead atoms. The van der Waals surface area contributed by atoms with Gasteiger partial charge in [-0.25, -0.2) is 9.97 Å². The number of aryl methyl sites for hydroxylation is 1. The number of halogens is 2. The van der Waals surface area contributed by atoms with Crippen molar-refractivity contribution < 1.29 is 18.3 Å². The van der Waals surface area contributed by atoms with Crippen LogP contribution in [0.5, 0.6) is 5.88 Å². The monoisotopic (exact) mass is 437 g/mol. The maximum absolute atomic E-state index is 12.5. The molecule has 0 spiro atoms. The lowest BCUT2D eigenvalue weighted by Crippen LogP contribution is -2.16. The summed E-state index contributed by atoms with van der Waals surface area (Å²) in [6.45, 7) is -0.924. The Bertz CT molecular complexity index is 1220. The smallest absolute Gasteiger partial charge is 0.388 e. The molecule has 0 unspecified atom stereocenters. The van der Waals surface area contributed by atoms with E-state index in [0.29, 0.717) is 24.3 Å². The molecule has 2 aromatic heterocycles. The molecule has 1 aromatic carbocycles. The van der Waals surface area contributed by atoms with E-state index in [2.05, 4.69) is 26.1 Å². The topological polar surface area (TPSA) is 114 Å². The Morgan fingerprint density at radius 1 is 1.31 bits per heavy atom. The van der Waals surface area contributed by atoms with E-state index in [1.54, 1.807) is 18.3 Å². The molecule has 2 heterocycles. The standard InChI is InChI=1S/C23H21F2N5O2/c1-2-12-7-22(32-23(24)25)30-9-17(12)13-3-14-6-21(28-10-18(14)19(27)5-13)29-11-20(31)16-4-15(16)8-26/h3,5-7,9-10,15-16,23H,2,4,11,27H2,1H3,(H,28,29)/t15-,16+/m1/s1. The number of Topliss-reactive ketones (excluding diaryl/α,β-unsaturated/α-hetero) is 1. The van der Waals surface area contributed by atoms with Crippen molar-refractivity contribution in [3.63, 3.8) is 0 Å². The number of fused-ring (bicyclic) bond motifs is 1. The third-order valence-electron chi connectivity index (χ3n) is 5.55. The average molecular weight is 437 g/mol. The van der Waals surface area contributed by atoms with Gasteiger partial charge >= 0.3 is 6.61 Å². The van der Waals surface area contributed by atoms with Gasteiger partial charge in [-0.2, -0.15) is 14.0 Å². The molecule has 7 nitrogen and oxygen atoms in total. The minimum Gasteiger partial charge on any atom is -0.417 e. The fraction of sp³-hybridized carbons (Fsp3) is 0.304. The number of carbonyl (C=O) groups excluding carboxylic acids is 1. The maximum atomic E-state index is 12.5. The summed E-state index contributed by atoms with van der Waals surface area (Å²) in [5.74, 6) is 0.0221. The van der Waals surface area contributed by atoms with Crippen molar-refractivity contribution in [2.45, 2.75) is 26.4 Å². The first-order valence-corrected chi connectivity index (χ1v) is 10.2. The van der Waals surface area contributed by atoms with Gasteiger partial charge in [-0.05, 0) is 47.6 Å². The van der Waals surface area contributed by atoms with Crippen LogP contribution in [0.4, 0.5) is 20.3 Å². The maximum Gasteiger partial charge on any atom is 0.388 e. The molecule has 2 atom stereocenters. The van der Waals surface area contributed by atoms with Gasteiger partial charge in [0.2, 0.25) is 5.88 Å². The number of nitriles is 1. The van der Waals surface area contributed by atoms with Gasteiger partial charge < -0.3 is 15.8 Å². The van der Waals surface area contributed by atoms with Crippen LogP contribution in [0.2, 0.25) is 0 Å². The Morgan fingerprint density at radius 2 is 2.12 bits per heavy atom. The molecule has 1 fully saturated rings. The van der Waals surface area contributed by atoms with Crippen LogP contribution in [-0.4, -0.2) is 28.9 Å². The summed E-state index contributed by atoms with van der Waals surface area (Å²) in [6, 6.07) is 9.11. The first kappa shape index (κ1) is 21.4. The molecule has 1 saturated carbocycles. The van der Waals surface area contributed by atoms with Crippen molar-refractivity contribution in [2.75, 3.05) is 17.6 Å². The highest BCUT2D eigenvalue weighted by Crippen LogP contribution is 2.38. The molecule has 9 heteroatoms. The van der Waals surface area contributed by atoms with Gasteiger partial charge in [0, 0.05) is 41.0 Å². The number of aromatic nitrogens is 2. The second kappa shape index (κ2) is 8.75. The van der Waals surface area contributed by atoms with E-state index in [1.807, 2.05) is 13.0 Å². The zero-order valence-electron chi connectivity index (χ0n) is 17.3. The molecule has 0 amide bonds. The molecular weight excluding hydrogens is 416 g/mol. The number of hydrogen-bond acceptors (Lipinski definition) is 7. The van der Waals surface area contributed by atoms with E-state index in [0.717, 1.165) is 27.5 Å². The summed E-state index contributed by atoms with van der Waals surface area (Å²) in [7, 11) is 0. The van der Waals surface area contributed by atoms with Crippen LogP contribution in [-0.2, 0) is 11.2 Å². The molecule has 32 heavy (non-hydrogen) atoms. The summed E-state index contributed by atoms with van der Waals surface area (Å²) in [5, 5.41) is 13.5. The predicted octanol–water partition coefficient (Wildman–Crippen LogP) is 4.18. The molecule has 0 aliphatic heterocycles. The summed E-state index contributed by atoms with van der Waals surface area (Å²) in [6.07, 6.45) is 4.34. The van der Waals surface area contributed by atoms with E-state index in [9.17, 15) is 13.6 Å². The zero-order valence-corrected chi connectivity index (χ0v) is 17.3. The Balaban J connectivity index is 1.61. The molecule has 1 aliphatic carbocycles. The number of nitrogen functional groups attached to an aromatic ring is 1. The van der Waals surface area contributed by atoms with Crippen LogP contribution >= 0.6 is 0 Å². The Kier molecular flexibility index (Phi) is 5.86. The number of ether oxygens (including phenoxy) is 1. The van der Waals surface area contributed by atoms with Gasteiger partial charge in [0.05, 0.1) is 18.5 Å². The van der Waals surface area contributed by atoms with Crippen molar-refractivity contribution >= 4 is 28.1 Å². The van der Waals surface area contributed by atoms with Crippen molar-refractivity contribution in [3.8, 4) is 23.1 Å². The third-order valence-corrected chi connectivity index (χ3v) is 5.55. The van der Waals surface area contributed by atoms with Crippen LogP contribution < -0.4 is 15.8 Å². The molecule has 3 aromatic rings. The van der Waals surface area contributed by atoms with Crippen LogP contribution in [0.15, 0.2) is 36.7 Å². The number of alkyl halides is 2. The average Bonchev–Trinajstić information content (AvgIpc) is 3.57. The van der Waals surface area contributed by atoms with Crippen LogP contribution in [0.3, 0.4) is 0 Å². The molecule has 0 radical (unpaired) electrons. The van der Waals surface area contributed by atoms with Crippen molar-refractivity contribution in [1.29, 1.82) is 5.26 Å². The minimum atomic E-state index is -2.94. The number of carbonyl (C=O) groups is 1. The van der Waals surface area contributed by atoms with Gasteiger partial charge in [0.25, 0.3) is 0 Å². The zero-order chi connectivity index (χ0) is 22.8. The number of nitrogens with zero attached hydrogens (tertiary/aromatic N) is 3. The van der Waals surface area contributed by atoms with Crippen LogP contribution in [0.25, 0.3) is 21.9 Å². The molecule has 0 saturated heterocycles. The molecule has 164 valence electrons. The van der Waals surface area contributed by atoms with Crippen molar-refractivity contribution in [3.05, 3.63) is 42.2 Å². The fourth-order valence-corrected chi connectivity index (χ4v) is 3.72. The number of rotatable bonds is 8. The van der Waals surface area contributed by atoms with Crippen molar-refractivity contribution in [2.24, 2.45) is 11.8 Å². The third kappa shape index (κ3) is 4.44. The van der Waals surface area contributed by atoms with E-state index >= 15 is 0 Å². The minimum absolute atomic E-state index is 0.00326. The van der Waals surface area contributed by atoms with Gasteiger partial charge in [-0.3, -0.25) is 4.79 Å². The van der Waals surface area contributed by atoms with E-state index in [-0.39, 0.29) is 30.0 Å². The van der Waals surface area contributed by atoms with Gasteiger partial charge in [0.15, 0.2) is 5.78 Å². The van der Waals surface area contributed by atoms with Gasteiger partial charge in [0.1, 0.15) is 5.82 Å². The normalized spacial score (nSPS) is 17.2. The molecule has 4 rings (SSSR count). The Hall–Kier alpha value is -3.80. The lowest BCUT2D eigenvalue weighted by molar-refractivity contribution is -0.118. The number of anilines is 2. The number of ketones is 1. The summed E-state index contributed by atoms with van der Waals surface area (Å²) in [4.78, 5) is 20.5. The second-order valence-corrected chi connectivity index (χ2v) is 7.67. The largest absolute Gasteiger partial charge is 0.417 e. The van der Waals surface area contributed by atoms with Crippen LogP contribution in [0.1, 0.15) is 18.9 Å². The van der Waals surface area contributed by atoms with Gasteiger partial charge in [-0.1, -0.05) is 6.92 Å². The molecule has 3 N–H and O–H groups in total. The highest BCUT2D eigenvalue weighted by Gasteiger charge is 2.42. The SMILES string of the molecule is CCc1cc(OC(F)F)ncc1-c1cc(N)c2cnc(NCC(=O)[C@H]3C[C@@H]3C#N)cc2c1. The first-order valence-electron chi connectivity index (χ1n) is 10.2. The van der Waals surface area contributed by atoms with Crippen LogP contribution in [0, 0.1) is 23.2 Å². The lowest BCUT2D eigenvalue weighted by atomic mass is 9.97. The highest BCUT2D eigenvalue weighted by atomic mass is 19.3. The van der Waals surface area contributed by atoms with Crippen molar-refractivity contribution in [1.82, 2.24) is 9.97 Å². The highest BCUT2D eigenvalue weighted by molar-refractivity contribution is 5.98. The van der Waals surface area contributed by atoms with E-state index in [4.69, 9.17) is 11.0 Å². The Labute approximate surface area is 183 Å². The Morgan fingerprint density at radius 3 is 2.81 bits per heavy atom. The number of pyridine rings is 2. The van der Waals surface area contributed by atoms with E-state index in [1.165, 1.54) is 12.3 Å². The molecular formula is C23H21F2N5O2. The first-order chi connectivity index (χ1) is 15.4. The number of nitrogens with two attached hydrogens (primary N) is 1. The number of nitrogens with one attached hydrogen (secondary N) is 1. The summed E-state index contributed by atoms with van der Waals surface area (Å²) in [5.41, 5.74) is 9.10. The van der Waals surface area contributed by atoms with E-state index < -0.39 is 6.61 Å². The molecule has 1 aliphatic rings. The van der Waals surface area contributed by atoms with Gasteiger partial charge in [-0.15, -0.1) is 0 Å². The predicted molar refractivity (Wildman–Crippen MR) is 116 cm³/mol. The number of hydrogen-bond donors (Lipinski definition) is 2. The fourth-order valence-electron chi connectivity index (χ4n) is 3.72. The number of benzene rings is 1. The quantitative estimate of drug-likeness (QED) is 0.508. The summed E-state index contributed by atoms with van der Waals surface area (Å²) >= 11 is 0. The lowest BCUT2D eigenvalue weighted by Gasteiger charge is -2.13.